The van der Waals surface area contributed by atoms with Gasteiger partial charge in [-0.1, -0.05) is 45.0 Å². The number of aliphatic hydroxyl groups is 1. The molecule has 6 heteroatoms. The summed E-state index contributed by atoms with van der Waals surface area (Å²) in [4.78, 5) is 14.6. The van der Waals surface area contributed by atoms with Gasteiger partial charge in [-0.25, -0.2) is 4.79 Å². The highest BCUT2D eigenvalue weighted by atomic mass is 79.9. The first kappa shape index (κ1) is 21.2. The van der Waals surface area contributed by atoms with Crippen molar-refractivity contribution in [3.63, 3.8) is 0 Å². The number of urea groups is 1. The SMILES string of the molecule is CC(C)(C)c1ccc(NC(=O)N2CCC3(CC2)CC(O)c2cccc(Br)c2O3)cc1. The molecule has 0 aromatic heterocycles. The number of piperidine rings is 1. The highest BCUT2D eigenvalue weighted by molar-refractivity contribution is 9.10. The third kappa shape index (κ3) is 4.21. The Balaban J connectivity index is 1.39. The second kappa shape index (κ2) is 7.89. The third-order valence-electron chi connectivity index (χ3n) is 6.20. The molecule has 1 saturated heterocycles. The maximum Gasteiger partial charge on any atom is 0.321 e. The molecule has 2 amide bonds. The minimum atomic E-state index is -0.548. The molecule has 5 nitrogen and oxygen atoms in total. The molecule has 0 aliphatic carbocycles. The highest BCUT2D eigenvalue weighted by Crippen LogP contribution is 2.47. The summed E-state index contributed by atoms with van der Waals surface area (Å²) in [7, 11) is 0. The van der Waals surface area contributed by atoms with Gasteiger partial charge in [0.25, 0.3) is 0 Å². The van der Waals surface area contributed by atoms with E-state index in [4.69, 9.17) is 4.74 Å². The lowest BCUT2D eigenvalue weighted by Gasteiger charge is -2.46. The Bertz CT molecular complexity index is 928. The average Bonchev–Trinajstić information content (AvgIpc) is 2.69. The van der Waals surface area contributed by atoms with Gasteiger partial charge >= 0.3 is 6.03 Å². The number of carbonyl (C=O) groups is 1. The van der Waals surface area contributed by atoms with Gasteiger partial charge in [-0.3, -0.25) is 0 Å². The molecule has 4 rings (SSSR count). The van der Waals surface area contributed by atoms with Gasteiger partial charge in [0.1, 0.15) is 11.4 Å². The Kier molecular flexibility index (Phi) is 5.58. The lowest BCUT2D eigenvalue weighted by Crippen LogP contribution is -2.52. The lowest BCUT2D eigenvalue weighted by molar-refractivity contribution is -0.0476. The maximum atomic E-state index is 12.8. The largest absolute Gasteiger partial charge is 0.485 e. The van der Waals surface area contributed by atoms with Crippen LogP contribution in [0.1, 0.15) is 57.3 Å². The van der Waals surface area contributed by atoms with Crippen molar-refractivity contribution in [2.45, 2.75) is 57.2 Å². The predicted octanol–water partition coefficient (Wildman–Crippen LogP) is 5.63. The van der Waals surface area contributed by atoms with E-state index in [1.807, 2.05) is 35.2 Å². The van der Waals surface area contributed by atoms with Crippen LogP contribution in [0.5, 0.6) is 5.75 Å². The number of likely N-dealkylation sites (tertiary alicyclic amines) is 1. The Morgan fingerprint density at radius 1 is 1.17 bits per heavy atom. The van der Waals surface area contributed by atoms with Crippen LogP contribution >= 0.6 is 15.9 Å². The van der Waals surface area contributed by atoms with E-state index in [9.17, 15) is 9.90 Å². The number of para-hydroxylation sites is 1. The van der Waals surface area contributed by atoms with Gasteiger partial charge < -0.3 is 20.1 Å². The molecule has 0 bridgehead atoms. The number of benzene rings is 2. The Morgan fingerprint density at radius 2 is 1.83 bits per heavy atom. The van der Waals surface area contributed by atoms with E-state index in [-0.39, 0.29) is 11.4 Å². The van der Waals surface area contributed by atoms with E-state index in [0.29, 0.717) is 32.4 Å². The molecule has 2 aliphatic rings. The number of anilines is 1. The number of fused-ring (bicyclic) bond motifs is 1. The monoisotopic (exact) mass is 472 g/mol. The molecule has 2 aromatic carbocycles. The fourth-order valence-corrected chi connectivity index (χ4v) is 4.76. The van der Waals surface area contributed by atoms with Crippen molar-refractivity contribution in [3.8, 4) is 5.75 Å². The van der Waals surface area contributed by atoms with Crippen molar-refractivity contribution < 1.29 is 14.6 Å². The van der Waals surface area contributed by atoms with Crippen molar-refractivity contribution in [1.82, 2.24) is 4.90 Å². The zero-order chi connectivity index (χ0) is 21.5. The highest BCUT2D eigenvalue weighted by Gasteiger charge is 2.44. The minimum absolute atomic E-state index is 0.0852. The normalized spacial score (nSPS) is 20.4. The molecule has 30 heavy (non-hydrogen) atoms. The Morgan fingerprint density at radius 3 is 2.47 bits per heavy atom. The Labute approximate surface area is 186 Å². The summed E-state index contributed by atoms with van der Waals surface area (Å²) in [6.45, 7) is 7.71. The van der Waals surface area contributed by atoms with E-state index in [1.165, 1.54) is 5.56 Å². The van der Waals surface area contributed by atoms with E-state index in [0.717, 1.165) is 21.5 Å². The van der Waals surface area contributed by atoms with Gasteiger partial charge in [-0.15, -0.1) is 0 Å². The van der Waals surface area contributed by atoms with Gasteiger partial charge in [0.05, 0.1) is 10.6 Å². The van der Waals surface area contributed by atoms with Gasteiger partial charge in [0.15, 0.2) is 0 Å². The second-order valence-corrected chi connectivity index (χ2v) is 10.3. The fraction of sp³-hybridized carbons (Fsp3) is 0.458. The molecule has 2 aromatic rings. The van der Waals surface area contributed by atoms with Crippen LogP contribution in [0.3, 0.4) is 0 Å². The number of aliphatic hydroxyl groups excluding tert-OH is 1. The van der Waals surface area contributed by atoms with Crippen molar-refractivity contribution in [1.29, 1.82) is 0 Å². The summed E-state index contributed by atoms with van der Waals surface area (Å²) in [5.41, 5.74) is 2.52. The van der Waals surface area contributed by atoms with Crippen LogP contribution in [0.2, 0.25) is 0 Å². The molecule has 160 valence electrons. The number of hydrogen-bond donors (Lipinski definition) is 2. The first-order valence-corrected chi connectivity index (χ1v) is 11.3. The molecule has 0 saturated carbocycles. The van der Waals surface area contributed by atoms with E-state index >= 15 is 0 Å². The molecule has 2 N–H and O–H groups in total. The molecule has 1 spiro atoms. The van der Waals surface area contributed by atoms with Gasteiger partial charge in [-0.05, 0) is 45.1 Å². The lowest BCUT2D eigenvalue weighted by atomic mass is 9.82. The molecular weight excluding hydrogens is 444 g/mol. The summed E-state index contributed by atoms with van der Waals surface area (Å²) < 4.78 is 7.25. The molecule has 1 unspecified atom stereocenters. The Hall–Kier alpha value is -2.05. The van der Waals surface area contributed by atoms with Gasteiger partial charge in [0, 0.05) is 43.6 Å². The van der Waals surface area contributed by atoms with Crippen LogP contribution < -0.4 is 10.1 Å². The average molecular weight is 473 g/mol. The minimum Gasteiger partial charge on any atom is -0.485 e. The molecule has 1 fully saturated rings. The van der Waals surface area contributed by atoms with Crippen molar-refractivity contribution in [2.75, 3.05) is 18.4 Å². The van der Waals surface area contributed by atoms with Crippen molar-refractivity contribution in [3.05, 3.63) is 58.1 Å². The van der Waals surface area contributed by atoms with Crippen LogP contribution in [-0.2, 0) is 5.41 Å². The molecular formula is C24H29BrN2O3. The molecule has 1 atom stereocenters. The first-order valence-electron chi connectivity index (χ1n) is 10.5. The smallest absolute Gasteiger partial charge is 0.321 e. The third-order valence-corrected chi connectivity index (χ3v) is 6.83. The molecule has 2 heterocycles. The van der Waals surface area contributed by atoms with E-state index in [2.05, 4.69) is 54.2 Å². The summed E-state index contributed by atoms with van der Waals surface area (Å²) in [5.74, 6) is 0.730. The van der Waals surface area contributed by atoms with Crippen LogP contribution in [0.15, 0.2) is 46.9 Å². The van der Waals surface area contributed by atoms with Crippen LogP contribution in [0.25, 0.3) is 0 Å². The van der Waals surface area contributed by atoms with Crippen molar-refractivity contribution in [2.24, 2.45) is 0 Å². The summed E-state index contributed by atoms with van der Waals surface area (Å²) in [5, 5.41) is 13.7. The number of halogens is 1. The van der Waals surface area contributed by atoms with Gasteiger partial charge in [0.2, 0.25) is 0 Å². The predicted molar refractivity (Wildman–Crippen MR) is 122 cm³/mol. The van der Waals surface area contributed by atoms with Crippen LogP contribution in [-0.4, -0.2) is 34.7 Å². The first-order chi connectivity index (χ1) is 14.2. The zero-order valence-corrected chi connectivity index (χ0v) is 19.3. The summed E-state index contributed by atoms with van der Waals surface area (Å²) in [6.07, 6.45) is 1.40. The summed E-state index contributed by atoms with van der Waals surface area (Å²) in [6, 6.07) is 13.7. The number of carbonyl (C=O) groups excluding carboxylic acids is 1. The number of nitrogens with one attached hydrogen (secondary N) is 1. The van der Waals surface area contributed by atoms with E-state index < -0.39 is 11.7 Å². The van der Waals surface area contributed by atoms with Crippen molar-refractivity contribution >= 4 is 27.6 Å². The maximum absolute atomic E-state index is 12.8. The quantitative estimate of drug-likeness (QED) is 0.565. The fourth-order valence-electron chi connectivity index (χ4n) is 4.30. The zero-order valence-electron chi connectivity index (χ0n) is 17.7. The van der Waals surface area contributed by atoms with E-state index in [1.54, 1.807) is 0 Å². The number of rotatable bonds is 1. The van der Waals surface area contributed by atoms with Crippen LogP contribution in [0, 0.1) is 0 Å². The standard InChI is InChI=1S/C24H29BrN2O3/c1-23(2,3)16-7-9-17(10-8-16)26-22(29)27-13-11-24(12-14-27)15-20(28)18-5-4-6-19(25)21(18)30-24/h4-10,20,28H,11-15H2,1-3H3,(H,26,29). The topological polar surface area (TPSA) is 61.8 Å². The second-order valence-electron chi connectivity index (χ2n) is 9.41. The van der Waals surface area contributed by atoms with Gasteiger partial charge in [-0.2, -0.15) is 0 Å². The number of ether oxygens (including phenoxy) is 1. The number of amides is 2. The number of nitrogens with zero attached hydrogens (tertiary/aromatic N) is 1. The summed E-state index contributed by atoms with van der Waals surface area (Å²) >= 11 is 3.54. The molecule has 2 aliphatic heterocycles. The number of hydrogen-bond acceptors (Lipinski definition) is 3. The molecule has 0 radical (unpaired) electrons. The van der Waals surface area contributed by atoms with Crippen LogP contribution in [0.4, 0.5) is 10.5 Å².